The van der Waals surface area contributed by atoms with Crippen LogP contribution in [0, 0.1) is 11.8 Å². The number of unbranched alkanes of at least 4 members (excludes halogenated alkanes) is 1. The Morgan fingerprint density at radius 2 is 1.73 bits per heavy atom. The molecule has 0 atom stereocenters. The van der Waals surface area contributed by atoms with E-state index in [-0.39, 0.29) is 0 Å². The van der Waals surface area contributed by atoms with Crippen LogP contribution in [-0.2, 0) is 6.42 Å². The van der Waals surface area contributed by atoms with Crippen LogP contribution in [0.1, 0.15) is 80.3 Å². The van der Waals surface area contributed by atoms with Gasteiger partial charge in [-0.15, -0.1) is 0 Å². The average molecular weight is 387 g/mol. The molecule has 5 heteroatoms. The molecular weight excluding hydrogens is 340 g/mol. The number of aromatic nitrogens is 2. The van der Waals surface area contributed by atoms with Gasteiger partial charge in [-0.3, -0.25) is 4.99 Å². The van der Waals surface area contributed by atoms with E-state index in [1.165, 1.54) is 24.3 Å². The number of hydrogen-bond donors (Lipinski definition) is 2. The summed E-state index contributed by atoms with van der Waals surface area (Å²) in [7, 11) is 0. The van der Waals surface area contributed by atoms with Crippen LogP contribution in [0.5, 0.6) is 0 Å². The van der Waals surface area contributed by atoms with Crippen molar-refractivity contribution in [2.24, 2.45) is 22.6 Å². The molecule has 0 aliphatic carbocycles. The lowest BCUT2D eigenvalue weighted by Gasteiger charge is -2.05. The van der Waals surface area contributed by atoms with Crippen molar-refractivity contribution < 1.29 is 0 Å². The fraction of sp³-hybridized carbons (Fsp3) is 0.810. The molecule has 1 rings (SSSR count). The zero-order valence-electron chi connectivity index (χ0n) is 18.9. The summed E-state index contributed by atoms with van der Waals surface area (Å²) >= 11 is 1.90. The summed E-state index contributed by atoms with van der Waals surface area (Å²) in [5.74, 6) is 3.70. The van der Waals surface area contributed by atoms with Crippen molar-refractivity contribution in [3.05, 3.63) is 18.2 Å². The second kappa shape index (κ2) is 24.0. The molecule has 1 aromatic rings. The summed E-state index contributed by atoms with van der Waals surface area (Å²) in [6.45, 7) is 18.1. The van der Waals surface area contributed by atoms with Crippen LogP contribution in [0.25, 0.3) is 0 Å². The van der Waals surface area contributed by atoms with E-state index in [9.17, 15) is 0 Å². The van der Waals surface area contributed by atoms with Crippen molar-refractivity contribution in [3.8, 4) is 0 Å². The van der Waals surface area contributed by atoms with Gasteiger partial charge in [-0.25, -0.2) is 4.98 Å². The Kier molecular flexibility index (Phi) is 27.5. The highest BCUT2D eigenvalue weighted by atomic mass is 32.2. The number of aliphatic imine (C=N–C) groups is 1. The molecule has 0 bridgehead atoms. The van der Waals surface area contributed by atoms with E-state index >= 15 is 0 Å². The molecule has 0 fully saturated rings. The number of imidazole rings is 1. The number of aromatic amines is 1. The number of rotatable bonds is 7. The third-order valence-electron chi connectivity index (χ3n) is 3.55. The maximum atomic E-state index is 5.28. The standard InChI is InChI=1S/C6H14N2.C6H14.C5H8N2.C4H10S/c1-3-4-5-8-6(2)7;1-5(2)6(3)4;1-2-5-3-6-4-7-5;1-3-4-5-2/h3-5H2,1-2H3,(H2,7,8);5-6H,1-4H3;3-4H,2H2,1H3,(H,6,7);3-4H2,1-2H3. The Labute approximate surface area is 168 Å². The van der Waals surface area contributed by atoms with E-state index in [2.05, 4.69) is 69.7 Å². The molecule has 0 spiro atoms. The predicted molar refractivity (Wildman–Crippen MR) is 123 cm³/mol. The van der Waals surface area contributed by atoms with Crippen molar-refractivity contribution in [2.45, 2.75) is 81.1 Å². The molecule has 3 N–H and O–H groups in total. The summed E-state index contributed by atoms with van der Waals surface area (Å²) in [5.41, 5.74) is 6.48. The average Bonchev–Trinajstić information content (AvgIpc) is 3.11. The first kappa shape index (κ1) is 29.8. The molecule has 0 saturated heterocycles. The Hall–Kier alpha value is -0.970. The van der Waals surface area contributed by atoms with Gasteiger partial charge in [0.15, 0.2) is 0 Å². The molecule has 0 amide bonds. The van der Waals surface area contributed by atoms with E-state index in [1.807, 2.05) is 24.9 Å². The minimum Gasteiger partial charge on any atom is -0.388 e. The molecule has 1 heterocycles. The third kappa shape index (κ3) is 30.9. The van der Waals surface area contributed by atoms with Gasteiger partial charge in [0, 0.05) is 18.4 Å². The van der Waals surface area contributed by atoms with Crippen LogP contribution in [0.15, 0.2) is 17.5 Å². The van der Waals surface area contributed by atoms with Gasteiger partial charge in [0.2, 0.25) is 0 Å². The highest BCUT2D eigenvalue weighted by molar-refractivity contribution is 7.98. The van der Waals surface area contributed by atoms with Crippen LogP contribution in [0.2, 0.25) is 0 Å². The Bertz CT molecular complexity index is 361. The Morgan fingerprint density at radius 3 is 1.92 bits per heavy atom. The molecule has 0 aliphatic heterocycles. The molecule has 0 saturated carbocycles. The number of thioether (sulfide) groups is 1. The van der Waals surface area contributed by atoms with E-state index < -0.39 is 0 Å². The SMILES string of the molecule is CC(C)C(C)C.CCCCN=C(C)N.CCCSC.CCc1cnc[nH]1. The largest absolute Gasteiger partial charge is 0.388 e. The van der Waals surface area contributed by atoms with Gasteiger partial charge in [0.1, 0.15) is 0 Å². The first-order valence-corrected chi connectivity index (χ1v) is 11.4. The van der Waals surface area contributed by atoms with Crippen molar-refractivity contribution in [1.29, 1.82) is 0 Å². The summed E-state index contributed by atoms with van der Waals surface area (Å²) in [4.78, 5) is 10.8. The highest BCUT2D eigenvalue weighted by Crippen LogP contribution is 2.05. The minimum absolute atomic E-state index is 0.693. The van der Waals surface area contributed by atoms with Gasteiger partial charge >= 0.3 is 0 Å². The third-order valence-corrected chi connectivity index (χ3v) is 4.37. The van der Waals surface area contributed by atoms with Gasteiger partial charge < -0.3 is 10.7 Å². The molecule has 0 unspecified atom stereocenters. The van der Waals surface area contributed by atoms with Gasteiger partial charge in [0.05, 0.1) is 12.2 Å². The summed E-state index contributed by atoms with van der Waals surface area (Å²) in [5, 5.41) is 0. The van der Waals surface area contributed by atoms with E-state index in [1.54, 1.807) is 6.33 Å². The zero-order chi connectivity index (χ0) is 20.8. The molecule has 4 nitrogen and oxygen atoms in total. The fourth-order valence-electron chi connectivity index (χ4n) is 1.10. The zero-order valence-corrected chi connectivity index (χ0v) is 19.7. The lowest BCUT2D eigenvalue weighted by Crippen LogP contribution is -2.05. The van der Waals surface area contributed by atoms with Gasteiger partial charge in [-0.05, 0) is 50.0 Å². The maximum absolute atomic E-state index is 5.28. The summed E-state index contributed by atoms with van der Waals surface area (Å²) in [6.07, 6.45) is 10.3. The molecule has 0 radical (unpaired) electrons. The Balaban J connectivity index is -0.000000275. The van der Waals surface area contributed by atoms with Gasteiger partial charge in [-0.2, -0.15) is 11.8 Å². The van der Waals surface area contributed by atoms with E-state index in [4.69, 9.17) is 5.73 Å². The number of nitrogens with zero attached hydrogens (tertiary/aromatic N) is 2. The topological polar surface area (TPSA) is 67.1 Å². The quantitative estimate of drug-likeness (QED) is 0.333. The molecule has 0 aromatic carbocycles. The number of nitrogens with two attached hydrogens (primary N) is 1. The van der Waals surface area contributed by atoms with Crippen molar-refractivity contribution in [1.82, 2.24) is 9.97 Å². The van der Waals surface area contributed by atoms with E-state index in [0.29, 0.717) is 5.84 Å². The van der Waals surface area contributed by atoms with Crippen LogP contribution in [-0.4, -0.2) is 34.4 Å². The summed E-state index contributed by atoms with van der Waals surface area (Å²) < 4.78 is 0. The normalized spacial score (nSPS) is 10.3. The van der Waals surface area contributed by atoms with Crippen LogP contribution >= 0.6 is 11.8 Å². The molecule has 1 aromatic heterocycles. The van der Waals surface area contributed by atoms with Crippen LogP contribution in [0.4, 0.5) is 0 Å². The lowest BCUT2D eigenvalue weighted by atomic mass is 10.0. The maximum Gasteiger partial charge on any atom is 0.0921 e. The fourth-order valence-corrected chi connectivity index (χ4v) is 1.50. The monoisotopic (exact) mass is 386 g/mol. The second-order valence-corrected chi connectivity index (χ2v) is 7.77. The first-order valence-electron chi connectivity index (χ1n) is 9.99. The Morgan fingerprint density at radius 1 is 1.15 bits per heavy atom. The lowest BCUT2D eigenvalue weighted by molar-refractivity contribution is 0.457. The van der Waals surface area contributed by atoms with Gasteiger partial charge in [0.25, 0.3) is 0 Å². The molecular formula is C21H46N4S. The molecule has 0 aliphatic rings. The smallest absolute Gasteiger partial charge is 0.0921 e. The van der Waals surface area contributed by atoms with Crippen LogP contribution < -0.4 is 5.73 Å². The van der Waals surface area contributed by atoms with Crippen molar-refractivity contribution >= 4 is 17.6 Å². The predicted octanol–water partition coefficient (Wildman–Crippen LogP) is 6.19. The van der Waals surface area contributed by atoms with Crippen molar-refractivity contribution in [2.75, 3.05) is 18.6 Å². The molecule has 156 valence electrons. The first-order chi connectivity index (χ1) is 12.3. The number of aryl methyl sites for hydroxylation is 1. The van der Waals surface area contributed by atoms with Gasteiger partial charge in [-0.1, -0.05) is 54.9 Å². The highest BCUT2D eigenvalue weighted by Gasteiger charge is 1.95. The number of H-pyrrole nitrogens is 1. The minimum atomic E-state index is 0.693. The van der Waals surface area contributed by atoms with Crippen LogP contribution in [0.3, 0.4) is 0 Å². The van der Waals surface area contributed by atoms with E-state index in [0.717, 1.165) is 31.2 Å². The molecule has 26 heavy (non-hydrogen) atoms. The number of hydrogen-bond acceptors (Lipinski definition) is 3. The number of amidine groups is 1. The number of nitrogens with one attached hydrogen (secondary N) is 1. The van der Waals surface area contributed by atoms with Crippen molar-refractivity contribution in [3.63, 3.8) is 0 Å². The second-order valence-electron chi connectivity index (χ2n) is 6.79. The summed E-state index contributed by atoms with van der Waals surface area (Å²) in [6, 6.07) is 0.